The SMILES string of the molecule is Cc1cc(C(=O)NCC2CCCO2)c(C)n1C(C)C. The highest BCUT2D eigenvalue weighted by molar-refractivity contribution is 5.95. The van der Waals surface area contributed by atoms with Gasteiger partial charge in [-0.15, -0.1) is 0 Å². The number of carbonyl (C=O) groups excluding carboxylic acids is 1. The van der Waals surface area contributed by atoms with Crippen LogP contribution in [0.15, 0.2) is 6.07 Å². The van der Waals surface area contributed by atoms with Crippen LogP contribution in [0.3, 0.4) is 0 Å². The van der Waals surface area contributed by atoms with Gasteiger partial charge in [0.1, 0.15) is 0 Å². The van der Waals surface area contributed by atoms with E-state index in [9.17, 15) is 4.79 Å². The highest BCUT2D eigenvalue weighted by Crippen LogP contribution is 2.20. The molecule has 19 heavy (non-hydrogen) atoms. The lowest BCUT2D eigenvalue weighted by Crippen LogP contribution is -2.32. The van der Waals surface area contributed by atoms with Gasteiger partial charge in [-0.1, -0.05) is 0 Å². The molecule has 1 aromatic heterocycles. The number of nitrogens with zero attached hydrogens (tertiary/aromatic N) is 1. The quantitative estimate of drug-likeness (QED) is 0.908. The molecule has 2 heterocycles. The van der Waals surface area contributed by atoms with E-state index in [2.05, 4.69) is 23.7 Å². The van der Waals surface area contributed by atoms with E-state index >= 15 is 0 Å². The molecule has 1 N–H and O–H groups in total. The van der Waals surface area contributed by atoms with Crippen LogP contribution in [0.2, 0.25) is 0 Å². The van der Waals surface area contributed by atoms with Crippen molar-refractivity contribution in [2.75, 3.05) is 13.2 Å². The van der Waals surface area contributed by atoms with Crippen molar-refractivity contribution < 1.29 is 9.53 Å². The topological polar surface area (TPSA) is 43.3 Å². The number of hydrogen-bond donors (Lipinski definition) is 1. The first-order valence-corrected chi connectivity index (χ1v) is 7.09. The Balaban J connectivity index is 2.04. The van der Waals surface area contributed by atoms with Crippen molar-refractivity contribution in [2.24, 2.45) is 0 Å². The number of nitrogens with one attached hydrogen (secondary N) is 1. The van der Waals surface area contributed by atoms with Gasteiger partial charge in [0, 0.05) is 30.6 Å². The van der Waals surface area contributed by atoms with Crippen LogP contribution in [0, 0.1) is 13.8 Å². The standard InChI is InChI=1S/C15H24N2O2/c1-10(2)17-11(3)8-14(12(17)4)15(18)16-9-13-6-5-7-19-13/h8,10,13H,5-7,9H2,1-4H3,(H,16,18). The Morgan fingerprint density at radius 2 is 2.26 bits per heavy atom. The third-order valence-electron chi connectivity index (χ3n) is 3.76. The van der Waals surface area contributed by atoms with Crippen LogP contribution in [-0.2, 0) is 4.74 Å². The van der Waals surface area contributed by atoms with Crippen molar-refractivity contribution in [1.29, 1.82) is 0 Å². The smallest absolute Gasteiger partial charge is 0.253 e. The average molecular weight is 264 g/mol. The van der Waals surface area contributed by atoms with Crippen molar-refractivity contribution in [3.8, 4) is 0 Å². The van der Waals surface area contributed by atoms with Crippen LogP contribution in [0.25, 0.3) is 0 Å². The van der Waals surface area contributed by atoms with E-state index in [4.69, 9.17) is 4.74 Å². The Labute approximate surface area is 115 Å². The summed E-state index contributed by atoms with van der Waals surface area (Å²) in [7, 11) is 0. The highest BCUT2D eigenvalue weighted by Gasteiger charge is 2.20. The lowest BCUT2D eigenvalue weighted by molar-refractivity contribution is 0.0857. The molecule has 1 fully saturated rings. The van der Waals surface area contributed by atoms with Crippen molar-refractivity contribution in [2.45, 2.75) is 52.7 Å². The fourth-order valence-electron chi connectivity index (χ4n) is 2.91. The summed E-state index contributed by atoms with van der Waals surface area (Å²) in [5.41, 5.74) is 2.95. The second-order valence-corrected chi connectivity index (χ2v) is 5.59. The molecule has 4 nitrogen and oxygen atoms in total. The first-order chi connectivity index (χ1) is 9.00. The number of ether oxygens (including phenoxy) is 1. The molecule has 1 saturated heterocycles. The molecule has 1 aliphatic heterocycles. The molecule has 2 rings (SSSR count). The predicted octanol–water partition coefficient (Wildman–Crippen LogP) is 2.59. The van der Waals surface area contributed by atoms with Gasteiger partial charge in [-0.25, -0.2) is 0 Å². The number of aromatic nitrogens is 1. The maximum absolute atomic E-state index is 12.2. The van der Waals surface area contributed by atoms with Gasteiger partial charge < -0.3 is 14.6 Å². The molecule has 1 atom stereocenters. The van der Waals surface area contributed by atoms with Crippen molar-refractivity contribution in [3.63, 3.8) is 0 Å². The van der Waals surface area contributed by atoms with E-state index in [-0.39, 0.29) is 12.0 Å². The maximum Gasteiger partial charge on any atom is 0.253 e. The van der Waals surface area contributed by atoms with Crippen LogP contribution in [0.4, 0.5) is 0 Å². The minimum Gasteiger partial charge on any atom is -0.376 e. The van der Waals surface area contributed by atoms with E-state index in [1.807, 2.05) is 19.9 Å². The van der Waals surface area contributed by atoms with Crippen LogP contribution in [0.1, 0.15) is 54.5 Å². The minimum absolute atomic E-state index is 0.00972. The molecule has 0 radical (unpaired) electrons. The molecule has 1 aliphatic rings. The summed E-state index contributed by atoms with van der Waals surface area (Å²) in [5.74, 6) is 0.00972. The number of rotatable bonds is 4. The van der Waals surface area contributed by atoms with E-state index in [1.54, 1.807) is 0 Å². The molecule has 0 aromatic carbocycles. The Morgan fingerprint density at radius 1 is 1.53 bits per heavy atom. The van der Waals surface area contributed by atoms with Crippen LogP contribution in [0.5, 0.6) is 0 Å². The Bertz CT molecular complexity index is 457. The summed E-state index contributed by atoms with van der Waals surface area (Å²) in [6.07, 6.45) is 2.34. The summed E-state index contributed by atoms with van der Waals surface area (Å²) >= 11 is 0. The second-order valence-electron chi connectivity index (χ2n) is 5.59. The van der Waals surface area contributed by atoms with Gasteiger partial charge in [-0.05, 0) is 46.6 Å². The molecule has 106 valence electrons. The van der Waals surface area contributed by atoms with E-state index in [1.165, 1.54) is 0 Å². The van der Waals surface area contributed by atoms with Gasteiger partial charge in [-0.3, -0.25) is 4.79 Å². The predicted molar refractivity (Wildman–Crippen MR) is 75.6 cm³/mol. The summed E-state index contributed by atoms with van der Waals surface area (Å²) in [5, 5.41) is 2.98. The lowest BCUT2D eigenvalue weighted by atomic mass is 10.2. The fourth-order valence-corrected chi connectivity index (χ4v) is 2.91. The van der Waals surface area contributed by atoms with E-state index < -0.39 is 0 Å². The third-order valence-corrected chi connectivity index (χ3v) is 3.76. The summed E-state index contributed by atoms with van der Waals surface area (Å²) in [4.78, 5) is 12.2. The lowest BCUT2D eigenvalue weighted by Gasteiger charge is -2.14. The Morgan fingerprint density at radius 3 is 2.79 bits per heavy atom. The molecule has 0 spiro atoms. The second kappa shape index (κ2) is 5.78. The van der Waals surface area contributed by atoms with E-state index in [0.29, 0.717) is 12.6 Å². The average Bonchev–Trinajstić information content (AvgIpc) is 2.94. The monoisotopic (exact) mass is 264 g/mol. The zero-order chi connectivity index (χ0) is 14.0. The molecular formula is C15H24N2O2. The van der Waals surface area contributed by atoms with E-state index in [0.717, 1.165) is 36.4 Å². The molecule has 0 saturated carbocycles. The largest absolute Gasteiger partial charge is 0.376 e. The fraction of sp³-hybridized carbons (Fsp3) is 0.667. The van der Waals surface area contributed by atoms with Crippen LogP contribution >= 0.6 is 0 Å². The van der Waals surface area contributed by atoms with Gasteiger partial charge in [0.05, 0.1) is 11.7 Å². The summed E-state index contributed by atoms with van der Waals surface area (Å²) in [6, 6.07) is 2.35. The highest BCUT2D eigenvalue weighted by atomic mass is 16.5. The van der Waals surface area contributed by atoms with Gasteiger partial charge in [0.2, 0.25) is 0 Å². The summed E-state index contributed by atoms with van der Waals surface area (Å²) < 4.78 is 7.71. The van der Waals surface area contributed by atoms with Crippen molar-refractivity contribution in [1.82, 2.24) is 9.88 Å². The van der Waals surface area contributed by atoms with Crippen LogP contribution < -0.4 is 5.32 Å². The minimum atomic E-state index is 0.00972. The first-order valence-electron chi connectivity index (χ1n) is 7.09. The zero-order valence-corrected chi connectivity index (χ0v) is 12.3. The molecule has 0 bridgehead atoms. The number of carbonyl (C=O) groups is 1. The molecule has 1 unspecified atom stereocenters. The Kier molecular flexibility index (Phi) is 4.30. The molecule has 4 heteroatoms. The Hall–Kier alpha value is -1.29. The van der Waals surface area contributed by atoms with Crippen molar-refractivity contribution >= 4 is 5.91 Å². The summed E-state index contributed by atoms with van der Waals surface area (Å²) in [6.45, 7) is 9.76. The zero-order valence-electron chi connectivity index (χ0n) is 12.3. The maximum atomic E-state index is 12.2. The first kappa shape index (κ1) is 14.1. The van der Waals surface area contributed by atoms with Crippen LogP contribution in [-0.4, -0.2) is 29.7 Å². The molecule has 0 aliphatic carbocycles. The molecule has 1 amide bonds. The van der Waals surface area contributed by atoms with Gasteiger partial charge in [-0.2, -0.15) is 0 Å². The number of hydrogen-bond acceptors (Lipinski definition) is 2. The molecule has 1 aromatic rings. The number of amides is 1. The number of aryl methyl sites for hydroxylation is 1. The normalized spacial score (nSPS) is 19.1. The van der Waals surface area contributed by atoms with Gasteiger partial charge in [0.15, 0.2) is 0 Å². The van der Waals surface area contributed by atoms with Gasteiger partial charge in [0.25, 0.3) is 5.91 Å². The van der Waals surface area contributed by atoms with Gasteiger partial charge >= 0.3 is 0 Å². The molecular weight excluding hydrogens is 240 g/mol. The third kappa shape index (κ3) is 3.00. The van der Waals surface area contributed by atoms with Crippen molar-refractivity contribution in [3.05, 3.63) is 23.0 Å².